The first-order chi connectivity index (χ1) is 9.92. The Kier molecular flexibility index (Phi) is 4.30. The number of ether oxygens (including phenoxy) is 1. The van der Waals surface area contributed by atoms with Crippen LogP contribution in [0.25, 0.3) is 11.0 Å². The number of anilines is 1. The van der Waals surface area contributed by atoms with Crippen molar-refractivity contribution in [3.05, 3.63) is 30.0 Å². The van der Waals surface area contributed by atoms with Gasteiger partial charge in [-0.3, -0.25) is 9.78 Å². The summed E-state index contributed by atoms with van der Waals surface area (Å²) >= 11 is 0. The molecule has 0 amide bonds. The second kappa shape index (κ2) is 5.99. The predicted molar refractivity (Wildman–Crippen MR) is 73.9 cm³/mol. The fourth-order valence-corrected chi connectivity index (χ4v) is 1.96. The van der Waals surface area contributed by atoms with Crippen LogP contribution >= 0.6 is 0 Å². The van der Waals surface area contributed by atoms with Crippen molar-refractivity contribution in [3.8, 4) is 0 Å². The van der Waals surface area contributed by atoms with E-state index in [1.807, 2.05) is 0 Å². The molecule has 1 aromatic carbocycles. The van der Waals surface area contributed by atoms with Crippen LogP contribution < -0.4 is 4.90 Å². The molecule has 1 unspecified atom stereocenters. The van der Waals surface area contributed by atoms with Gasteiger partial charge < -0.3 is 9.64 Å². The monoisotopic (exact) mass is 295 g/mol. The summed E-state index contributed by atoms with van der Waals surface area (Å²) in [6.07, 6.45) is 1.45. The molecule has 0 bridgehead atoms. The van der Waals surface area contributed by atoms with Crippen molar-refractivity contribution in [1.82, 2.24) is 9.97 Å². The number of rotatable bonds is 4. The molecule has 0 spiro atoms. The van der Waals surface area contributed by atoms with Gasteiger partial charge in [0.1, 0.15) is 5.82 Å². The average molecular weight is 295 g/mol. The lowest BCUT2D eigenvalue weighted by Gasteiger charge is -2.21. The maximum absolute atomic E-state index is 13.2. The normalized spacial score (nSPS) is 12.2. The van der Waals surface area contributed by atoms with E-state index in [1.165, 1.54) is 13.3 Å². The maximum atomic E-state index is 13.2. The zero-order valence-electron chi connectivity index (χ0n) is 11.9. The SMILES string of the molecule is COC(=O)C(C)CN(C)c1cnc2cc(F)c(F)cc2n1. The van der Waals surface area contributed by atoms with E-state index in [4.69, 9.17) is 0 Å². The molecule has 2 aromatic rings. The lowest BCUT2D eigenvalue weighted by atomic mass is 10.2. The number of aromatic nitrogens is 2. The molecule has 1 heterocycles. The molecule has 5 nitrogen and oxygen atoms in total. The lowest BCUT2D eigenvalue weighted by molar-refractivity contribution is -0.144. The number of carbonyl (C=O) groups is 1. The molecule has 1 atom stereocenters. The van der Waals surface area contributed by atoms with Crippen molar-refractivity contribution < 1.29 is 18.3 Å². The van der Waals surface area contributed by atoms with Crippen LogP contribution in [0, 0.1) is 17.6 Å². The molecule has 7 heteroatoms. The first-order valence-electron chi connectivity index (χ1n) is 6.33. The van der Waals surface area contributed by atoms with E-state index in [0.717, 1.165) is 12.1 Å². The summed E-state index contributed by atoms with van der Waals surface area (Å²) in [5.41, 5.74) is 0.524. The number of carbonyl (C=O) groups excluding carboxylic acids is 1. The molecule has 0 radical (unpaired) electrons. The van der Waals surface area contributed by atoms with E-state index < -0.39 is 11.6 Å². The zero-order chi connectivity index (χ0) is 15.6. The molecule has 0 saturated carbocycles. The van der Waals surface area contributed by atoms with E-state index in [0.29, 0.717) is 12.4 Å². The van der Waals surface area contributed by atoms with Gasteiger partial charge in [-0.25, -0.2) is 13.8 Å². The molecule has 21 heavy (non-hydrogen) atoms. The molecule has 0 aliphatic carbocycles. The van der Waals surface area contributed by atoms with Crippen molar-refractivity contribution >= 4 is 22.8 Å². The third-order valence-corrected chi connectivity index (χ3v) is 3.11. The van der Waals surface area contributed by atoms with Crippen LogP contribution in [0.5, 0.6) is 0 Å². The molecule has 0 saturated heterocycles. The van der Waals surface area contributed by atoms with Crippen LogP contribution in [0.1, 0.15) is 6.92 Å². The standard InChI is InChI=1S/C14H15F2N3O2/c1-8(14(20)21-3)7-19(2)13-6-17-11-4-9(15)10(16)5-12(11)18-13/h4-6,8H,7H2,1-3H3. The number of nitrogens with zero attached hydrogens (tertiary/aromatic N) is 3. The highest BCUT2D eigenvalue weighted by atomic mass is 19.2. The first kappa shape index (κ1) is 15.1. The second-order valence-corrected chi connectivity index (χ2v) is 4.79. The van der Waals surface area contributed by atoms with Crippen molar-refractivity contribution in [2.45, 2.75) is 6.92 Å². The molecule has 2 rings (SSSR count). The van der Waals surface area contributed by atoms with Gasteiger partial charge in [0.2, 0.25) is 0 Å². The molecule has 0 N–H and O–H groups in total. The van der Waals surface area contributed by atoms with Crippen LogP contribution in [-0.4, -0.2) is 36.6 Å². The van der Waals surface area contributed by atoms with Crippen LogP contribution in [0.4, 0.5) is 14.6 Å². The Bertz CT molecular complexity index is 679. The van der Waals surface area contributed by atoms with Crippen LogP contribution in [0.15, 0.2) is 18.3 Å². The lowest BCUT2D eigenvalue weighted by Crippen LogP contribution is -2.29. The van der Waals surface area contributed by atoms with Gasteiger partial charge >= 0.3 is 5.97 Å². The number of methoxy groups -OCH3 is 1. The van der Waals surface area contributed by atoms with Crippen LogP contribution in [0.3, 0.4) is 0 Å². The number of hydrogen-bond acceptors (Lipinski definition) is 5. The number of hydrogen-bond donors (Lipinski definition) is 0. The molecule has 0 fully saturated rings. The Labute approximate surface area is 120 Å². The third-order valence-electron chi connectivity index (χ3n) is 3.11. The summed E-state index contributed by atoms with van der Waals surface area (Å²) in [7, 11) is 3.06. The second-order valence-electron chi connectivity index (χ2n) is 4.79. The molecule has 1 aromatic heterocycles. The predicted octanol–water partition coefficient (Wildman–Crippen LogP) is 2.15. The zero-order valence-corrected chi connectivity index (χ0v) is 11.9. The van der Waals surface area contributed by atoms with Crippen molar-refractivity contribution in [3.63, 3.8) is 0 Å². The van der Waals surface area contributed by atoms with E-state index >= 15 is 0 Å². The first-order valence-corrected chi connectivity index (χ1v) is 6.33. The minimum absolute atomic E-state index is 0.254. The average Bonchev–Trinajstić information content (AvgIpc) is 2.46. The Morgan fingerprint density at radius 3 is 2.57 bits per heavy atom. The summed E-state index contributed by atoms with van der Waals surface area (Å²) in [5.74, 6) is -2.15. The van der Waals surface area contributed by atoms with E-state index in [1.54, 1.807) is 18.9 Å². The molecule has 0 aliphatic rings. The third kappa shape index (κ3) is 3.24. The Morgan fingerprint density at radius 1 is 1.33 bits per heavy atom. The Morgan fingerprint density at radius 2 is 1.95 bits per heavy atom. The summed E-state index contributed by atoms with van der Waals surface area (Å²) in [6.45, 7) is 2.10. The van der Waals surface area contributed by atoms with Crippen LogP contribution in [0.2, 0.25) is 0 Å². The van der Waals surface area contributed by atoms with Crippen molar-refractivity contribution in [2.24, 2.45) is 5.92 Å². The number of benzene rings is 1. The highest BCUT2D eigenvalue weighted by Gasteiger charge is 2.17. The summed E-state index contributed by atoms with van der Waals surface area (Å²) in [4.78, 5) is 21.4. The van der Waals surface area contributed by atoms with Gasteiger partial charge in [-0.05, 0) is 0 Å². The molecular weight excluding hydrogens is 280 g/mol. The summed E-state index contributed by atoms with van der Waals surface area (Å²) < 4.78 is 31.0. The summed E-state index contributed by atoms with van der Waals surface area (Å²) in [6, 6.07) is 2.00. The van der Waals surface area contributed by atoms with Gasteiger partial charge in [0.25, 0.3) is 0 Å². The smallest absolute Gasteiger partial charge is 0.310 e. The minimum atomic E-state index is -0.973. The van der Waals surface area contributed by atoms with E-state index in [-0.39, 0.29) is 22.9 Å². The van der Waals surface area contributed by atoms with Gasteiger partial charge in [-0.15, -0.1) is 0 Å². The van der Waals surface area contributed by atoms with E-state index in [9.17, 15) is 13.6 Å². The van der Waals surface area contributed by atoms with Crippen molar-refractivity contribution in [1.29, 1.82) is 0 Å². The van der Waals surface area contributed by atoms with Gasteiger partial charge in [-0.1, -0.05) is 6.92 Å². The Hall–Kier alpha value is -2.31. The number of halogens is 2. The van der Waals surface area contributed by atoms with Gasteiger partial charge in [0.15, 0.2) is 11.6 Å². The summed E-state index contributed by atoms with van der Waals surface area (Å²) in [5, 5.41) is 0. The molecule has 0 aliphatic heterocycles. The van der Waals surface area contributed by atoms with Crippen LogP contribution in [-0.2, 0) is 9.53 Å². The number of esters is 1. The topological polar surface area (TPSA) is 55.3 Å². The molecule has 112 valence electrons. The highest BCUT2D eigenvalue weighted by molar-refractivity contribution is 5.76. The van der Waals surface area contributed by atoms with E-state index in [2.05, 4.69) is 14.7 Å². The minimum Gasteiger partial charge on any atom is -0.469 e. The largest absolute Gasteiger partial charge is 0.469 e. The van der Waals surface area contributed by atoms with Gasteiger partial charge in [-0.2, -0.15) is 0 Å². The maximum Gasteiger partial charge on any atom is 0.310 e. The highest BCUT2D eigenvalue weighted by Crippen LogP contribution is 2.18. The number of fused-ring (bicyclic) bond motifs is 1. The fourth-order valence-electron chi connectivity index (χ4n) is 1.96. The Balaban J connectivity index is 2.26. The quantitative estimate of drug-likeness (QED) is 0.809. The van der Waals surface area contributed by atoms with Crippen molar-refractivity contribution in [2.75, 3.05) is 25.6 Å². The fraction of sp³-hybridized carbons (Fsp3) is 0.357. The molecular formula is C14H15F2N3O2. The van der Waals surface area contributed by atoms with Gasteiger partial charge in [0, 0.05) is 25.7 Å². The van der Waals surface area contributed by atoms with Gasteiger partial charge in [0.05, 0.1) is 30.3 Å².